The Hall–Kier alpha value is -5.94. The van der Waals surface area contributed by atoms with Crippen LogP contribution in [0.5, 0.6) is 0 Å². The van der Waals surface area contributed by atoms with Gasteiger partial charge < -0.3 is 15.1 Å². The second-order valence-electron chi connectivity index (χ2n) is 21.5. The van der Waals surface area contributed by atoms with Crippen LogP contribution >= 0.6 is 23.4 Å². The van der Waals surface area contributed by atoms with E-state index < -0.39 is 58.8 Å². The number of alkyl halides is 3. The fourth-order valence-corrected chi connectivity index (χ4v) is 13.9. The summed E-state index contributed by atoms with van der Waals surface area (Å²) in [7, 11) is -11.0. The van der Waals surface area contributed by atoms with E-state index in [0.717, 1.165) is 86.0 Å². The van der Waals surface area contributed by atoms with Crippen LogP contribution in [-0.4, -0.2) is 139 Å². The summed E-state index contributed by atoms with van der Waals surface area (Å²) in [5.41, 5.74) is 0.483. The third kappa shape index (κ3) is 14.6. The third-order valence-corrected chi connectivity index (χ3v) is 19.6. The molecule has 0 unspecified atom stereocenters. The molecular formula is C58H66ClF3N8O7S3. The van der Waals surface area contributed by atoms with E-state index in [4.69, 9.17) is 11.6 Å². The second-order valence-corrected chi connectivity index (χ2v) is 26.7. The molecule has 1 aliphatic carbocycles. The molecule has 426 valence electrons. The minimum Gasteiger partial charge on any atom is -0.380 e. The van der Waals surface area contributed by atoms with Crippen molar-refractivity contribution in [2.24, 2.45) is 5.41 Å². The number of piperazine rings is 2. The molecule has 22 heteroatoms. The van der Waals surface area contributed by atoms with Gasteiger partial charge in [-0.25, -0.2) is 26.4 Å². The summed E-state index contributed by atoms with van der Waals surface area (Å²) in [6.07, 6.45) is 3.70. The summed E-state index contributed by atoms with van der Waals surface area (Å²) >= 11 is 7.64. The normalized spacial score (nSPS) is 18.5. The number of imide groups is 1. The number of urea groups is 1. The van der Waals surface area contributed by atoms with Crippen molar-refractivity contribution in [2.75, 3.05) is 92.9 Å². The number of hydrogen-bond acceptors (Lipinski definition) is 13. The number of thioether (sulfide) groups is 1. The molecule has 3 N–H and O–H groups in total. The van der Waals surface area contributed by atoms with Crippen molar-refractivity contribution in [3.63, 3.8) is 0 Å². The lowest BCUT2D eigenvalue weighted by molar-refractivity contribution is -0.120. The molecule has 0 spiro atoms. The number of anilines is 3. The van der Waals surface area contributed by atoms with E-state index in [1.807, 2.05) is 71.5 Å². The van der Waals surface area contributed by atoms with Gasteiger partial charge in [-0.2, -0.15) is 13.2 Å². The summed E-state index contributed by atoms with van der Waals surface area (Å²) in [6.45, 7) is 12.5. The smallest absolute Gasteiger partial charge is 0.380 e. The summed E-state index contributed by atoms with van der Waals surface area (Å²) in [5, 5.41) is 6.13. The highest BCUT2D eigenvalue weighted by Gasteiger charge is 2.48. The number of carbonyl (C=O) groups excluding carboxylic acids is 3. The average Bonchev–Trinajstić information content (AvgIpc) is 3.52. The summed E-state index contributed by atoms with van der Waals surface area (Å²) in [4.78, 5) is 47.4. The SMILES string of the molecule is CC1(C)CCC(c2ccc(Cl)cc2)=C(CN2CCN(c3ccc(C(=O)NS(=O)(=O)c4ccc(N[C@H](CCN5CCN(Cc6ccccc6N6CCC(=O)NC6=O)CC5)CSc5ccccc5)c(S(=O)(=O)C(F)(F)F)c4)cc3)CC2)C1. The molecule has 5 aromatic rings. The largest absolute Gasteiger partial charge is 0.501 e. The minimum atomic E-state index is -6.13. The van der Waals surface area contributed by atoms with Gasteiger partial charge >= 0.3 is 11.5 Å². The Labute approximate surface area is 475 Å². The molecule has 3 aliphatic heterocycles. The lowest BCUT2D eigenvalue weighted by Crippen LogP contribution is -2.50. The molecule has 9 rings (SSSR count). The first-order valence-corrected chi connectivity index (χ1v) is 31.1. The number of para-hydroxylation sites is 1. The molecule has 0 aromatic heterocycles. The topological polar surface area (TPSA) is 172 Å². The first-order valence-electron chi connectivity index (χ1n) is 26.8. The van der Waals surface area contributed by atoms with Gasteiger partial charge in [-0.3, -0.25) is 29.6 Å². The molecule has 0 bridgehead atoms. The van der Waals surface area contributed by atoms with Crippen LogP contribution in [0.2, 0.25) is 5.02 Å². The van der Waals surface area contributed by atoms with E-state index in [9.17, 15) is 44.4 Å². The van der Waals surface area contributed by atoms with Crippen molar-refractivity contribution < 1.29 is 44.4 Å². The van der Waals surface area contributed by atoms with Gasteiger partial charge in [0.05, 0.1) is 10.6 Å². The van der Waals surface area contributed by atoms with Crippen LogP contribution in [0.15, 0.2) is 142 Å². The van der Waals surface area contributed by atoms with E-state index >= 15 is 0 Å². The van der Waals surface area contributed by atoms with Crippen molar-refractivity contribution in [1.29, 1.82) is 0 Å². The first-order chi connectivity index (χ1) is 38.1. The Balaban J connectivity index is 0.839. The highest BCUT2D eigenvalue weighted by Crippen LogP contribution is 2.43. The maximum absolute atomic E-state index is 14.5. The quantitative estimate of drug-likeness (QED) is 0.0668. The number of nitrogens with one attached hydrogen (secondary N) is 3. The average molecular weight is 1180 g/mol. The van der Waals surface area contributed by atoms with Crippen LogP contribution in [0.4, 0.5) is 35.0 Å². The minimum absolute atomic E-state index is 0.0209. The highest BCUT2D eigenvalue weighted by atomic mass is 35.5. The zero-order valence-electron chi connectivity index (χ0n) is 44.7. The predicted octanol–water partition coefficient (Wildman–Crippen LogP) is 9.77. The number of amides is 4. The zero-order valence-corrected chi connectivity index (χ0v) is 47.9. The molecule has 15 nitrogen and oxygen atoms in total. The van der Waals surface area contributed by atoms with Gasteiger partial charge in [-0.05, 0) is 121 Å². The number of sulfone groups is 1. The van der Waals surface area contributed by atoms with Crippen molar-refractivity contribution >= 4 is 83.7 Å². The molecule has 4 aliphatic rings. The molecule has 1 atom stereocenters. The van der Waals surface area contributed by atoms with Gasteiger partial charge in [-0.15, -0.1) is 11.8 Å². The number of allylic oxidation sites excluding steroid dienone is 1. The van der Waals surface area contributed by atoms with Crippen LogP contribution in [0.3, 0.4) is 0 Å². The molecule has 0 radical (unpaired) electrons. The van der Waals surface area contributed by atoms with E-state index in [1.54, 1.807) is 17.0 Å². The number of hydrogen-bond donors (Lipinski definition) is 3. The predicted molar refractivity (Wildman–Crippen MR) is 308 cm³/mol. The van der Waals surface area contributed by atoms with Crippen molar-refractivity contribution in [1.82, 2.24) is 24.7 Å². The van der Waals surface area contributed by atoms with E-state index in [1.165, 1.54) is 40.6 Å². The molecule has 0 saturated carbocycles. The van der Waals surface area contributed by atoms with Gasteiger partial charge in [0.15, 0.2) is 0 Å². The van der Waals surface area contributed by atoms with Crippen LogP contribution in [-0.2, 0) is 31.2 Å². The van der Waals surface area contributed by atoms with Gasteiger partial charge in [0.2, 0.25) is 5.91 Å². The maximum Gasteiger partial charge on any atom is 0.501 e. The molecule has 3 heterocycles. The van der Waals surface area contributed by atoms with Crippen molar-refractivity contribution in [2.45, 2.75) is 78.7 Å². The van der Waals surface area contributed by atoms with Gasteiger partial charge in [0, 0.05) is 124 Å². The number of carbonyl (C=O) groups is 3. The maximum atomic E-state index is 14.5. The van der Waals surface area contributed by atoms with Crippen LogP contribution < -0.4 is 25.2 Å². The Morgan fingerprint density at radius 3 is 2.10 bits per heavy atom. The standard InChI is InChI=1S/C58H66ClF3N8O7S3/c1-57(2)25-22-50(41-12-16-45(59)17-13-41)44(37-57)39-68-32-34-69(35-33-68)47-18-14-42(15-19-47)55(72)65-80(76,77)49-20-21-51(53(36-49)79(74,75)58(60,61)62)63-46(40-78-48-9-4-3-5-10-48)23-26-66-28-30-67(31-29-66)38-43-8-6-7-11-52(43)70-27-24-54(71)64-56(70)73/h3-21,36,46,63H,22-35,37-40H2,1-2H3,(H,65,72)(H,64,71,73)/t46-/m1/s1. The number of sulfonamides is 1. The first kappa shape index (κ1) is 58.7. The number of benzene rings is 5. The second kappa shape index (κ2) is 25.1. The van der Waals surface area contributed by atoms with E-state index in [-0.39, 0.29) is 29.9 Å². The Morgan fingerprint density at radius 2 is 1.41 bits per heavy atom. The number of rotatable bonds is 19. The van der Waals surface area contributed by atoms with Gasteiger partial charge in [-0.1, -0.05) is 79.6 Å². The van der Waals surface area contributed by atoms with Crippen molar-refractivity contribution in [3.05, 3.63) is 149 Å². The lowest BCUT2D eigenvalue weighted by Gasteiger charge is -2.39. The molecule has 80 heavy (non-hydrogen) atoms. The fraction of sp³-hybridized carbons (Fsp3) is 0.397. The van der Waals surface area contributed by atoms with Crippen LogP contribution in [0.25, 0.3) is 5.57 Å². The molecular weight excluding hydrogens is 1110 g/mol. The van der Waals surface area contributed by atoms with E-state index in [2.05, 4.69) is 56.2 Å². The Bertz CT molecular complexity index is 3300. The monoisotopic (exact) mass is 1170 g/mol. The van der Waals surface area contributed by atoms with E-state index in [0.29, 0.717) is 62.5 Å². The Morgan fingerprint density at radius 1 is 0.762 bits per heavy atom. The van der Waals surface area contributed by atoms with Gasteiger partial charge in [0.1, 0.15) is 4.90 Å². The van der Waals surface area contributed by atoms with Crippen molar-refractivity contribution in [3.8, 4) is 0 Å². The van der Waals surface area contributed by atoms with Gasteiger partial charge in [0.25, 0.3) is 25.8 Å². The fourth-order valence-electron chi connectivity index (χ4n) is 10.8. The molecule has 4 amide bonds. The molecule has 3 fully saturated rings. The highest BCUT2D eigenvalue weighted by molar-refractivity contribution is 7.99. The Kier molecular flexibility index (Phi) is 18.4. The lowest BCUT2D eigenvalue weighted by atomic mass is 9.73. The summed E-state index contributed by atoms with van der Waals surface area (Å²) in [6, 6.07) is 32.7. The number of halogens is 4. The third-order valence-electron chi connectivity index (χ3n) is 15.3. The summed E-state index contributed by atoms with van der Waals surface area (Å²) in [5.74, 6) is -1.04. The van der Waals surface area contributed by atoms with Crippen LogP contribution in [0, 0.1) is 5.41 Å². The van der Waals surface area contributed by atoms with Crippen LogP contribution in [0.1, 0.15) is 67.4 Å². The summed E-state index contributed by atoms with van der Waals surface area (Å²) < 4.78 is 99.6. The zero-order chi connectivity index (χ0) is 56.8. The number of nitrogens with zero attached hydrogens (tertiary/aromatic N) is 5. The molecule has 5 aromatic carbocycles. The molecule has 3 saturated heterocycles.